The average Bonchev–Trinajstić information content (AvgIpc) is 2.95. The third kappa shape index (κ3) is 2.56. The van der Waals surface area contributed by atoms with Crippen molar-refractivity contribution in [3.8, 4) is 17.1 Å². The number of phenols is 1. The number of aromatic amines is 1. The van der Waals surface area contributed by atoms with E-state index in [4.69, 9.17) is 0 Å². The first-order valence-corrected chi connectivity index (χ1v) is 6.12. The quantitative estimate of drug-likeness (QED) is 0.762. The van der Waals surface area contributed by atoms with Crippen LogP contribution in [0.4, 0.5) is 0 Å². The van der Waals surface area contributed by atoms with Gasteiger partial charge in [0.25, 0.3) is 0 Å². The lowest BCUT2D eigenvalue weighted by Crippen LogP contribution is -1.81. The Balaban J connectivity index is 1.85. The Morgan fingerprint density at radius 2 is 1.80 bits per heavy atom. The van der Waals surface area contributed by atoms with Gasteiger partial charge in [-0.25, -0.2) is 4.98 Å². The summed E-state index contributed by atoms with van der Waals surface area (Å²) in [5, 5.41) is 16.7. The second kappa shape index (κ2) is 5.36. The molecule has 3 rings (SSSR count). The maximum absolute atomic E-state index is 9.76. The first kappa shape index (κ1) is 12.1. The SMILES string of the molecule is Oc1ccccc1-c1n[nH]c(C=Cc2ccncc2)n1. The number of rotatable bonds is 3. The van der Waals surface area contributed by atoms with Crippen LogP contribution in [-0.2, 0) is 0 Å². The van der Waals surface area contributed by atoms with Gasteiger partial charge in [-0.05, 0) is 35.9 Å². The molecule has 2 heterocycles. The summed E-state index contributed by atoms with van der Waals surface area (Å²) in [5.74, 6) is 1.26. The third-order valence-electron chi connectivity index (χ3n) is 2.79. The van der Waals surface area contributed by atoms with Gasteiger partial charge in [0.2, 0.25) is 0 Å². The molecule has 0 aliphatic heterocycles. The van der Waals surface area contributed by atoms with Gasteiger partial charge < -0.3 is 5.11 Å². The zero-order chi connectivity index (χ0) is 13.8. The highest BCUT2D eigenvalue weighted by Crippen LogP contribution is 2.25. The van der Waals surface area contributed by atoms with E-state index in [0.29, 0.717) is 17.2 Å². The van der Waals surface area contributed by atoms with Gasteiger partial charge >= 0.3 is 0 Å². The molecule has 0 atom stereocenters. The van der Waals surface area contributed by atoms with Crippen LogP contribution < -0.4 is 0 Å². The van der Waals surface area contributed by atoms with Crippen LogP contribution in [0.1, 0.15) is 11.4 Å². The van der Waals surface area contributed by atoms with Crippen molar-refractivity contribution < 1.29 is 5.11 Å². The summed E-state index contributed by atoms with van der Waals surface area (Å²) in [6.07, 6.45) is 7.20. The Kier molecular flexibility index (Phi) is 3.24. The number of phenolic OH excluding ortho intramolecular Hbond substituents is 1. The highest BCUT2D eigenvalue weighted by Gasteiger charge is 2.08. The van der Waals surface area contributed by atoms with Crippen molar-refractivity contribution in [1.29, 1.82) is 0 Å². The molecule has 0 unspecified atom stereocenters. The van der Waals surface area contributed by atoms with Crippen LogP contribution in [0, 0.1) is 0 Å². The van der Waals surface area contributed by atoms with E-state index < -0.39 is 0 Å². The number of aromatic hydroxyl groups is 1. The van der Waals surface area contributed by atoms with Crippen LogP contribution in [0.3, 0.4) is 0 Å². The van der Waals surface area contributed by atoms with Crippen molar-refractivity contribution in [2.45, 2.75) is 0 Å². The van der Waals surface area contributed by atoms with Crippen molar-refractivity contribution in [2.75, 3.05) is 0 Å². The molecule has 5 heteroatoms. The highest BCUT2D eigenvalue weighted by atomic mass is 16.3. The summed E-state index contributed by atoms with van der Waals surface area (Å²) in [4.78, 5) is 8.28. The Bertz CT molecular complexity index is 734. The lowest BCUT2D eigenvalue weighted by Gasteiger charge is -1.97. The first-order chi connectivity index (χ1) is 9.83. The molecule has 5 nitrogen and oxygen atoms in total. The van der Waals surface area contributed by atoms with Gasteiger partial charge in [-0.15, -0.1) is 0 Å². The second-order valence-corrected chi connectivity index (χ2v) is 4.18. The number of H-pyrrole nitrogens is 1. The topological polar surface area (TPSA) is 74.7 Å². The standard InChI is InChI=1S/C15H12N4O/c20-13-4-2-1-3-12(13)15-17-14(18-19-15)6-5-11-7-9-16-10-8-11/h1-10,20H,(H,17,18,19). The van der Waals surface area contributed by atoms with Crippen molar-refractivity contribution in [3.63, 3.8) is 0 Å². The van der Waals surface area contributed by atoms with Gasteiger partial charge in [-0.2, -0.15) is 5.10 Å². The van der Waals surface area contributed by atoms with E-state index >= 15 is 0 Å². The molecule has 0 aliphatic carbocycles. The highest BCUT2D eigenvalue weighted by molar-refractivity contribution is 5.68. The number of para-hydroxylation sites is 1. The molecule has 0 amide bonds. The fourth-order valence-corrected chi connectivity index (χ4v) is 1.78. The minimum Gasteiger partial charge on any atom is -0.507 e. The zero-order valence-electron chi connectivity index (χ0n) is 10.6. The van der Waals surface area contributed by atoms with E-state index in [2.05, 4.69) is 20.2 Å². The van der Waals surface area contributed by atoms with Crippen molar-refractivity contribution >= 4 is 12.2 Å². The van der Waals surface area contributed by atoms with Crippen LogP contribution >= 0.6 is 0 Å². The average molecular weight is 264 g/mol. The predicted octanol–water partition coefficient (Wildman–Crippen LogP) is 2.74. The molecular formula is C15H12N4O. The summed E-state index contributed by atoms with van der Waals surface area (Å²) in [6, 6.07) is 10.8. The van der Waals surface area contributed by atoms with Gasteiger partial charge in [0.1, 0.15) is 11.6 Å². The molecule has 0 saturated heterocycles. The summed E-state index contributed by atoms with van der Waals surface area (Å²) in [5.41, 5.74) is 1.63. The van der Waals surface area contributed by atoms with Crippen LogP contribution in [0.2, 0.25) is 0 Å². The molecule has 20 heavy (non-hydrogen) atoms. The van der Waals surface area contributed by atoms with Crippen molar-refractivity contribution in [1.82, 2.24) is 20.2 Å². The van der Waals surface area contributed by atoms with E-state index in [-0.39, 0.29) is 5.75 Å². The lowest BCUT2D eigenvalue weighted by atomic mass is 10.2. The molecule has 0 aliphatic rings. The van der Waals surface area contributed by atoms with Gasteiger partial charge in [0, 0.05) is 12.4 Å². The number of aromatic nitrogens is 4. The van der Waals surface area contributed by atoms with E-state index in [9.17, 15) is 5.11 Å². The van der Waals surface area contributed by atoms with Gasteiger partial charge in [-0.1, -0.05) is 18.2 Å². The summed E-state index contributed by atoms with van der Waals surface area (Å²) >= 11 is 0. The number of hydrogen-bond donors (Lipinski definition) is 2. The smallest absolute Gasteiger partial charge is 0.185 e. The normalized spacial score (nSPS) is 11.0. The molecule has 0 radical (unpaired) electrons. The Labute approximate surface area is 115 Å². The fraction of sp³-hybridized carbons (Fsp3) is 0. The number of hydrogen-bond acceptors (Lipinski definition) is 4. The monoisotopic (exact) mass is 264 g/mol. The summed E-state index contributed by atoms with van der Waals surface area (Å²) < 4.78 is 0. The lowest BCUT2D eigenvalue weighted by molar-refractivity contribution is 0.477. The number of nitrogens with one attached hydrogen (secondary N) is 1. The Morgan fingerprint density at radius 1 is 1.00 bits per heavy atom. The van der Waals surface area contributed by atoms with Crippen LogP contribution in [0.5, 0.6) is 5.75 Å². The van der Waals surface area contributed by atoms with Gasteiger partial charge in [0.05, 0.1) is 5.56 Å². The molecule has 3 aromatic rings. The molecule has 1 aromatic carbocycles. The molecular weight excluding hydrogens is 252 g/mol. The first-order valence-electron chi connectivity index (χ1n) is 6.12. The third-order valence-corrected chi connectivity index (χ3v) is 2.79. The zero-order valence-corrected chi connectivity index (χ0v) is 10.6. The summed E-state index contributed by atoms with van der Waals surface area (Å²) in [6.45, 7) is 0. The second-order valence-electron chi connectivity index (χ2n) is 4.18. The molecule has 0 bridgehead atoms. The van der Waals surface area contributed by atoms with Gasteiger partial charge in [0.15, 0.2) is 5.82 Å². The number of pyridine rings is 1. The molecule has 2 aromatic heterocycles. The van der Waals surface area contributed by atoms with E-state index in [0.717, 1.165) is 5.56 Å². The molecule has 0 saturated carbocycles. The molecule has 0 spiro atoms. The van der Waals surface area contributed by atoms with Crippen LogP contribution in [0.15, 0.2) is 48.8 Å². The molecule has 98 valence electrons. The van der Waals surface area contributed by atoms with Gasteiger partial charge in [-0.3, -0.25) is 10.1 Å². The molecule has 2 N–H and O–H groups in total. The summed E-state index contributed by atoms with van der Waals surface area (Å²) in [7, 11) is 0. The van der Waals surface area contributed by atoms with E-state index in [1.54, 1.807) is 30.6 Å². The largest absolute Gasteiger partial charge is 0.507 e. The van der Waals surface area contributed by atoms with Crippen molar-refractivity contribution in [3.05, 3.63) is 60.2 Å². The predicted molar refractivity (Wildman–Crippen MR) is 76.6 cm³/mol. The van der Waals surface area contributed by atoms with Crippen LogP contribution in [0.25, 0.3) is 23.5 Å². The minimum atomic E-state index is 0.163. The van der Waals surface area contributed by atoms with Crippen LogP contribution in [-0.4, -0.2) is 25.3 Å². The number of nitrogens with zero attached hydrogens (tertiary/aromatic N) is 3. The van der Waals surface area contributed by atoms with Crippen molar-refractivity contribution in [2.24, 2.45) is 0 Å². The van der Waals surface area contributed by atoms with E-state index in [1.807, 2.05) is 30.4 Å². The molecule has 0 fully saturated rings. The maximum Gasteiger partial charge on any atom is 0.185 e. The minimum absolute atomic E-state index is 0.163. The fourth-order valence-electron chi connectivity index (χ4n) is 1.78. The number of benzene rings is 1. The van der Waals surface area contributed by atoms with E-state index in [1.165, 1.54) is 0 Å². The Morgan fingerprint density at radius 3 is 2.60 bits per heavy atom. The maximum atomic E-state index is 9.76. The Hall–Kier alpha value is -2.95.